The number of anilines is 1. The summed E-state index contributed by atoms with van der Waals surface area (Å²) in [6.07, 6.45) is 1.11. The molecule has 18 heavy (non-hydrogen) atoms. The van der Waals surface area contributed by atoms with Crippen LogP contribution in [0.25, 0.3) is 10.9 Å². The maximum Gasteiger partial charge on any atom is 0.0709 e. The van der Waals surface area contributed by atoms with Gasteiger partial charge in [0.1, 0.15) is 0 Å². The van der Waals surface area contributed by atoms with Gasteiger partial charge in [0.15, 0.2) is 0 Å². The monoisotopic (exact) mass is 242 g/mol. The number of aromatic nitrogens is 1. The van der Waals surface area contributed by atoms with Crippen molar-refractivity contribution in [1.82, 2.24) is 4.98 Å². The summed E-state index contributed by atoms with van der Waals surface area (Å²) in [6, 6.07) is 8.73. The fourth-order valence-corrected chi connectivity index (χ4v) is 2.32. The van der Waals surface area contributed by atoms with Gasteiger partial charge in [0.2, 0.25) is 0 Å². The van der Waals surface area contributed by atoms with Crippen molar-refractivity contribution in [3.8, 4) is 0 Å². The predicted octanol–water partition coefficient (Wildman–Crippen LogP) is 3.81. The zero-order chi connectivity index (χ0) is 13.3. The van der Waals surface area contributed by atoms with Gasteiger partial charge in [-0.3, -0.25) is 4.98 Å². The van der Waals surface area contributed by atoms with Gasteiger partial charge >= 0.3 is 0 Å². The van der Waals surface area contributed by atoms with Crippen molar-refractivity contribution in [2.75, 3.05) is 19.0 Å². The van der Waals surface area contributed by atoms with Gasteiger partial charge < -0.3 is 4.90 Å². The van der Waals surface area contributed by atoms with Crippen LogP contribution in [0, 0.1) is 12.8 Å². The van der Waals surface area contributed by atoms with Crippen LogP contribution in [-0.2, 0) is 6.42 Å². The Morgan fingerprint density at radius 2 is 1.89 bits per heavy atom. The van der Waals surface area contributed by atoms with Gasteiger partial charge in [-0.15, -0.1) is 0 Å². The molecule has 0 aliphatic rings. The van der Waals surface area contributed by atoms with E-state index in [-0.39, 0.29) is 0 Å². The van der Waals surface area contributed by atoms with E-state index in [2.05, 4.69) is 69.0 Å². The van der Waals surface area contributed by atoms with E-state index in [1.165, 1.54) is 16.6 Å². The molecule has 0 saturated heterocycles. The first-order valence-electron chi connectivity index (χ1n) is 6.55. The molecule has 2 nitrogen and oxygen atoms in total. The number of hydrogen-bond donors (Lipinski definition) is 0. The smallest absolute Gasteiger partial charge is 0.0709 e. The van der Waals surface area contributed by atoms with E-state index in [0.29, 0.717) is 5.92 Å². The Morgan fingerprint density at radius 1 is 1.17 bits per heavy atom. The van der Waals surface area contributed by atoms with Crippen LogP contribution in [0.1, 0.15) is 25.1 Å². The van der Waals surface area contributed by atoms with Crippen LogP contribution in [0.2, 0.25) is 0 Å². The molecule has 2 aromatic rings. The van der Waals surface area contributed by atoms with Crippen LogP contribution in [0.5, 0.6) is 0 Å². The second-order valence-electron chi connectivity index (χ2n) is 5.62. The Bertz CT molecular complexity index is 556. The van der Waals surface area contributed by atoms with E-state index in [1.54, 1.807) is 0 Å². The normalized spacial score (nSPS) is 11.2. The molecule has 0 unspecified atom stereocenters. The first kappa shape index (κ1) is 12.9. The molecule has 0 radical (unpaired) electrons. The minimum Gasteiger partial charge on any atom is -0.378 e. The molecule has 1 aromatic heterocycles. The van der Waals surface area contributed by atoms with Gasteiger partial charge in [0.05, 0.1) is 5.52 Å². The lowest BCUT2D eigenvalue weighted by Crippen LogP contribution is -2.08. The minimum absolute atomic E-state index is 0.665. The van der Waals surface area contributed by atoms with Gasteiger partial charge in [-0.05, 0) is 49.1 Å². The summed E-state index contributed by atoms with van der Waals surface area (Å²) in [5.41, 5.74) is 4.86. The fraction of sp³-hybridized carbons (Fsp3) is 0.438. The van der Waals surface area contributed by atoms with Gasteiger partial charge in [0.25, 0.3) is 0 Å². The highest BCUT2D eigenvalue weighted by atomic mass is 15.1. The van der Waals surface area contributed by atoms with Crippen LogP contribution >= 0.6 is 0 Å². The highest BCUT2D eigenvalue weighted by Gasteiger charge is 2.07. The highest BCUT2D eigenvalue weighted by Crippen LogP contribution is 2.25. The van der Waals surface area contributed by atoms with Crippen LogP contribution in [0.15, 0.2) is 24.3 Å². The Kier molecular flexibility index (Phi) is 3.55. The largest absolute Gasteiger partial charge is 0.378 e. The summed E-state index contributed by atoms with van der Waals surface area (Å²) >= 11 is 0. The number of benzene rings is 1. The van der Waals surface area contributed by atoms with Gasteiger partial charge in [0, 0.05) is 30.9 Å². The molecule has 2 heteroatoms. The number of pyridine rings is 1. The van der Waals surface area contributed by atoms with E-state index < -0.39 is 0 Å². The number of aryl methyl sites for hydroxylation is 1. The predicted molar refractivity (Wildman–Crippen MR) is 79.3 cm³/mol. The molecule has 0 fully saturated rings. The molecule has 0 bridgehead atoms. The first-order chi connectivity index (χ1) is 8.47. The van der Waals surface area contributed by atoms with Crippen molar-refractivity contribution in [2.24, 2.45) is 5.92 Å². The summed E-state index contributed by atoms with van der Waals surface area (Å²) in [4.78, 5) is 6.76. The summed E-state index contributed by atoms with van der Waals surface area (Å²) < 4.78 is 0. The van der Waals surface area contributed by atoms with E-state index in [0.717, 1.165) is 17.6 Å². The van der Waals surface area contributed by atoms with E-state index in [9.17, 15) is 0 Å². The Morgan fingerprint density at radius 3 is 2.50 bits per heavy atom. The van der Waals surface area contributed by atoms with Crippen molar-refractivity contribution in [3.05, 3.63) is 35.5 Å². The Hall–Kier alpha value is -1.57. The molecule has 0 aliphatic carbocycles. The van der Waals surface area contributed by atoms with Gasteiger partial charge in [-0.25, -0.2) is 0 Å². The van der Waals surface area contributed by atoms with Gasteiger partial charge in [-0.1, -0.05) is 13.8 Å². The zero-order valence-electron chi connectivity index (χ0n) is 12.0. The highest BCUT2D eigenvalue weighted by molar-refractivity contribution is 5.86. The summed E-state index contributed by atoms with van der Waals surface area (Å²) in [5.74, 6) is 0.665. The SMILES string of the molecule is Cc1cc(CC(C)C)c2cc(N(C)C)ccc2n1. The number of rotatable bonds is 3. The summed E-state index contributed by atoms with van der Waals surface area (Å²) in [6.45, 7) is 6.60. The quantitative estimate of drug-likeness (QED) is 0.813. The maximum absolute atomic E-state index is 4.63. The lowest BCUT2D eigenvalue weighted by Gasteiger charge is -2.15. The standard InChI is InChI=1S/C16H22N2/c1-11(2)8-13-9-12(3)17-16-7-6-14(18(4)5)10-15(13)16/h6-7,9-11H,8H2,1-5H3. The molecule has 0 atom stereocenters. The molecular formula is C16H22N2. The molecule has 1 heterocycles. The molecule has 0 amide bonds. The molecule has 0 N–H and O–H groups in total. The van der Waals surface area contributed by atoms with E-state index >= 15 is 0 Å². The Labute approximate surface area is 110 Å². The lowest BCUT2D eigenvalue weighted by molar-refractivity contribution is 0.649. The van der Waals surface area contributed by atoms with E-state index in [4.69, 9.17) is 0 Å². The minimum atomic E-state index is 0.665. The molecular weight excluding hydrogens is 220 g/mol. The average molecular weight is 242 g/mol. The molecule has 96 valence electrons. The van der Waals surface area contributed by atoms with Crippen LogP contribution < -0.4 is 4.90 Å². The molecule has 0 aliphatic heterocycles. The fourth-order valence-electron chi connectivity index (χ4n) is 2.32. The maximum atomic E-state index is 4.63. The zero-order valence-corrected chi connectivity index (χ0v) is 12.0. The number of hydrogen-bond acceptors (Lipinski definition) is 2. The van der Waals surface area contributed by atoms with Crippen LogP contribution in [-0.4, -0.2) is 19.1 Å². The lowest BCUT2D eigenvalue weighted by atomic mass is 9.98. The van der Waals surface area contributed by atoms with Crippen molar-refractivity contribution < 1.29 is 0 Å². The molecule has 1 aromatic carbocycles. The molecule has 0 saturated carbocycles. The summed E-state index contributed by atoms with van der Waals surface area (Å²) in [7, 11) is 4.15. The summed E-state index contributed by atoms with van der Waals surface area (Å²) in [5, 5.41) is 1.29. The van der Waals surface area contributed by atoms with E-state index in [1.807, 2.05) is 0 Å². The Balaban J connectivity index is 2.62. The van der Waals surface area contributed by atoms with Crippen molar-refractivity contribution in [2.45, 2.75) is 27.2 Å². The topological polar surface area (TPSA) is 16.1 Å². The van der Waals surface area contributed by atoms with Crippen LogP contribution in [0.3, 0.4) is 0 Å². The third-order valence-corrected chi connectivity index (χ3v) is 3.15. The first-order valence-corrected chi connectivity index (χ1v) is 6.55. The number of fused-ring (bicyclic) bond motifs is 1. The molecule has 2 rings (SSSR count). The van der Waals surface area contributed by atoms with Gasteiger partial charge in [-0.2, -0.15) is 0 Å². The number of nitrogens with zero attached hydrogens (tertiary/aromatic N) is 2. The average Bonchev–Trinajstić information content (AvgIpc) is 2.27. The van der Waals surface area contributed by atoms with Crippen molar-refractivity contribution >= 4 is 16.6 Å². The third kappa shape index (κ3) is 2.63. The van der Waals surface area contributed by atoms with Crippen molar-refractivity contribution in [1.29, 1.82) is 0 Å². The second-order valence-corrected chi connectivity index (χ2v) is 5.62. The van der Waals surface area contributed by atoms with Crippen molar-refractivity contribution in [3.63, 3.8) is 0 Å². The molecule has 0 spiro atoms. The van der Waals surface area contributed by atoms with Crippen LogP contribution in [0.4, 0.5) is 5.69 Å². The second kappa shape index (κ2) is 4.97. The third-order valence-electron chi connectivity index (χ3n) is 3.15.